The summed E-state index contributed by atoms with van der Waals surface area (Å²) in [6, 6.07) is 25.9. The van der Waals surface area contributed by atoms with Crippen molar-refractivity contribution in [1.29, 1.82) is 0 Å². The molecule has 4 heterocycles. The van der Waals surface area contributed by atoms with Crippen LogP contribution in [0, 0.1) is 0 Å². The molecule has 2 aromatic carbocycles. The Labute approximate surface area is 274 Å². The van der Waals surface area contributed by atoms with E-state index in [-0.39, 0.29) is 61.2 Å². The Morgan fingerprint density at radius 3 is 1.63 bits per heavy atom. The van der Waals surface area contributed by atoms with E-state index in [0.29, 0.717) is 23.4 Å². The van der Waals surface area contributed by atoms with E-state index in [0.717, 1.165) is 11.1 Å². The van der Waals surface area contributed by atoms with Crippen LogP contribution in [-0.2, 0) is 22.7 Å². The number of carbonyl (C=O) groups is 3. The first kappa shape index (κ1) is 33.4. The molecule has 0 amide bonds. The number of rotatable bonds is 11. The molecular weight excluding hydrogens is 587 g/mol. The van der Waals surface area contributed by atoms with Gasteiger partial charge in [0, 0.05) is 6.42 Å². The Morgan fingerprint density at radius 2 is 1.15 bits per heavy atom. The predicted octanol–water partition coefficient (Wildman–Crippen LogP) is 0.120. The van der Waals surface area contributed by atoms with Gasteiger partial charge in [0.25, 0.3) is 0 Å². The first-order chi connectivity index (χ1) is 21.9. The fraction of sp³-hybridized carbons (Fsp3) is 0.156. The first-order valence-corrected chi connectivity index (χ1v) is 13.8. The van der Waals surface area contributed by atoms with Crippen molar-refractivity contribution in [2.45, 2.75) is 26.1 Å². The van der Waals surface area contributed by atoms with Gasteiger partial charge in [-0.3, -0.25) is 9.59 Å². The number of hydrogen-bond acceptors (Lipinski definition) is 11. The van der Waals surface area contributed by atoms with Crippen molar-refractivity contribution < 1.29 is 52.6 Å². The number of benzene rings is 2. The van der Waals surface area contributed by atoms with E-state index < -0.39 is 11.9 Å². The molecule has 0 aliphatic rings. The van der Waals surface area contributed by atoms with Crippen molar-refractivity contribution in [2.24, 2.45) is 0 Å². The van der Waals surface area contributed by atoms with Gasteiger partial charge in [0.1, 0.15) is 30.4 Å². The summed E-state index contributed by atoms with van der Waals surface area (Å²) in [6.07, 6.45) is 3.03. The number of fused-ring (bicyclic) bond motifs is 2. The molecule has 6 rings (SSSR count). The quantitative estimate of drug-likeness (QED) is 0.111. The number of pyridine rings is 2. The van der Waals surface area contributed by atoms with Crippen molar-refractivity contribution in [2.75, 3.05) is 7.11 Å². The third kappa shape index (κ3) is 8.15. The zero-order valence-electron chi connectivity index (χ0n) is 25.1. The van der Waals surface area contributed by atoms with Crippen LogP contribution < -0.4 is 33.4 Å². The molecule has 0 aliphatic carbocycles. The second-order valence-electron chi connectivity index (χ2n) is 9.57. The number of ketones is 1. The molecule has 6 aromatic rings. The van der Waals surface area contributed by atoms with Crippen LogP contribution in [0.5, 0.6) is 11.5 Å². The molecule has 0 fully saturated rings. The van der Waals surface area contributed by atoms with Gasteiger partial charge < -0.3 is 24.1 Å². The standard InChI is InChI=1S/C18H17N3O4.C14H11N3O3.Li/c1-24-17(23)10-8-15(22)18-16(9-7-14-11-19-20-21(14)18)25-12-13-5-3-2-4-6-13;18-14(19)13-12(7-6-11-8-15-16-17(11)13)20-9-10-4-2-1-3-5-10;/h2-7,9,11H,8,10,12H2,1H3;1-8H,9H2,(H,18,19);/q;;+1/p-1. The van der Waals surface area contributed by atoms with Gasteiger partial charge >= 0.3 is 24.8 Å². The third-order valence-electron chi connectivity index (χ3n) is 6.57. The van der Waals surface area contributed by atoms with Crippen molar-refractivity contribution in [3.05, 3.63) is 120 Å². The molecule has 0 N–H and O–H groups in total. The minimum Gasteiger partial charge on any atom is -0.543 e. The summed E-state index contributed by atoms with van der Waals surface area (Å²) in [7, 11) is 1.29. The van der Waals surface area contributed by atoms with E-state index in [4.69, 9.17) is 9.47 Å². The van der Waals surface area contributed by atoms with E-state index in [1.54, 1.807) is 30.5 Å². The Bertz CT molecular complexity index is 1930. The number of carboxylic acid groups (broad SMARTS) is 1. The van der Waals surface area contributed by atoms with Crippen LogP contribution in [-0.4, -0.2) is 54.5 Å². The maximum absolute atomic E-state index is 12.6. The van der Waals surface area contributed by atoms with Gasteiger partial charge in [-0.1, -0.05) is 71.1 Å². The van der Waals surface area contributed by atoms with Crippen LogP contribution in [0.15, 0.2) is 97.3 Å². The molecule has 0 saturated carbocycles. The minimum absolute atomic E-state index is 0. The van der Waals surface area contributed by atoms with E-state index in [1.165, 1.54) is 22.3 Å². The summed E-state index contributed by atoms with van der Waals surface area (Å²) in [5, 5.41) is 26.4. The van der Waals surface area contributed by atoms with Gasteiger partial charge in [-0.15, -0.1) is 10.2 Å². The van der Waals surface area contributed by atoms with Crippen LogP contribution in [0.3, 0.4) is 0 Å². The molecule has 14 heteroatoms. The Kier molecular flexibility index (Phi) is 11.6. The number of nitrogens with zero attached hydrogens (tertiary/aromatic N) is 6. The average molecular weight is 615 g/mol. The van der Waals surface area contributed by atoms with Crippen molar-refractivity contribution in [1.82, 2.24) is 29.7 Å². The van der Waals surface area contributed by atoms with Crippen LogP contribution >= 0.6 is 0 Å². The number of hydrogen-bond donors (Lipinski definition) is 0. The molecule has 0 bridgehead atoms. The molecule has 4 aromatic heterocycles. The second-order valence-corrected chi connectivity index (χ2v) is 9.57. The van der Waals surface area contributed by atoms with Crippen LogP contribution in [0.25, 0.3) is 11.0 Å². The van der Waals surface area contributed by atoms with Crippen LogP contribution in [0.4, 0.5) is 0 Å². The van der Waals surface area contributed by atoms with Gasteiger partial charge in [-0.05, 0) is 35.4 Å². The normalized spacial score (nSPS) is 10.4. The summed E-state index contributed by atoms with van der Waals surface area (Å²) in [4.78, 5) is 35.2. The number of aromatic nitrogens is 6. The van der Waals surface area contributed by atoms with Crippen molar-refractivity contribution in [3.8, 4) is 11.5 Å². The molecule has 0 radical (unpaired) electrons. The topological polar surface area (TPSA) is 162 Å². The number of aromatic carboxylic acids is 1. The van der Waals surface area contributed by atoms with Crippen molar-refractivity contribution in [3.63, 3.8) is 0 Å². The van der Waals surface area contributed by atoms with E-state index >= 15 is 0 Å². The second kappa shape index (κ2) is 16.0. The smallest absolute Gasteiger partial charge is 0.543 e. The van der Waals surface area contributed by atoms with Crippen LogP contribution in [0.2, 0.25) is 0 Å². The molecule has 0 aliphatic heterocycles. The Balaban J connectivity index is 0.000000209. The predicted molar refractivity (Wildman–Crippen MR) is 157 cm³/mol. The number of carbonyl (C=O) groups excluding carboxylic acids is 3. The fourth-order valence-electron chi connectivity index (χ4n) is 4.33. The van der Waals surface area contributed by atoms with Gasteiger partial charge in [-0.2, -0.15) is 0 Å². The van der Waals surface area contributed by atoms with Gasteiger partial charge in [0.05, 0.1) is 42.9 Å². The summed E-state index contributed by atoms with van der Waals surface area (Å²) in [6.45, 7) is 0.583. The molecule has 46 heavy (non-hydrogen) atoms. The SMILES string of the molecule is COC(=O)CCC(=O)c1c(OCc2ccccc2)ccc2cnnn12.O=C([O-])c1c(OCc2ccccc2)ccc2cnnn12.[Li+]. The maximum Gasteiger partial charge on any atom is 1.00 e. The van der Waals surface area contributed by atoms with E-state index in [1.807, 2.05) is 60.7 Å². The number of esters is 1. The number of ether oxygens (including phenoxy) is 3. The summed E-state index contributed by atoms with van der Waals surface area (Å²) in [5.74, 6) is -1.46. The van der Waals surface area contributed by atoms with Gasteiger partial charge in [0.15, 0.2) is 11.5 Å². The summed E-state index contributed by atoms with van der Waals surface area (Å²) < 4.78 is 18.6. The Morgan fingerprint density at radius 1 is 0.674 bits per heavy atom. The number of carboxylic acids is 1. The number of methoxy groups -OCH3 is 1. The van der Waals surface area contributed by atoms with Crippen molar-refractivity contribution >= 4 is 28.8 Å². The van der Waals surface area contributed by atoms with Crippen LogP contribution in [0.1, 0.15) is 44.9 Å². The zero-order valence-corrected chi connectivity index (χ0v) is 25.1. The third-order valence-corrected chi connectivity index (χ3v) is 6.57. The molecule has 0 unspecified atom stereocenters. The summed E-state index contributed by atoms with van der Waals surface area (Å²) >= 11 is 0. The molecule has 0 saturated heterocycles. The molecule has 13 nitrogen and oxygen atoms in total. The number of Topliss-reactive ketones (excluding diaryl/α,β-unsaturated/α-hetero) is 1. The minimum atomic E-state index is -1.36. The van der Waals surface area contributed by atoms with Gasteiger partial charge in [-0.25, -0.2) is 9.03 Å². The molecule has 0 atom stereocenters. The maximum atomic E-state index is 12.6. The fourth-order valence-corrected chi connectivity index (χ4v) is 4.33. The first-order valence-electron chi connectivity index (χ1n) is 13.8. The van der Waals surface area contributed by atoms with E-state index in [9.17, 15) is 19.5 Å². The monoisotopic (exact) mass is 614 g/mol. The molecule has 228 valence electrons. The largest absolute Gasteiger partial charge is 1.00 e. The van der Waals surface area contributed by atoms with Gasteiger partial charge in [0.2, 0.25) is 0 Å². The van der Waals surface area contributed by atoms with E-state index in [2.05, 4.69) is 25.4 Å². The zero-order chi connectivity index (χ0) is 31.6. The molecule has 0 spiro atoms. The average Bonchev–Trinajstić information content (AvgIpc) is 3.75. The molecular formula is C32H27LiN6O7. The summed E-state index contributed by atoms with van der Waals surface area (Å²) in [5.41, 5.74) is 3.29. The Hall–Kier alpha value is -5.51.